The average molecular weight is 315 g/mol. The molecule has 5 heteroatoms. The fourth-order valence-electron chi connectivity index (χ4n) is 3.50. The maximum atomic E-state index is 12.8. The van der Waals surface area contributed by atoms with Crippen LogP contribution in [-0.2, 0) is 11.3 Å². The quantitative estimate of drug-likeness (QED) is 0.847. The molecular formula is C18H25N3O2. The first kappa shape index (κ1) is 16.0. The SMILES string of the molecule is CCCN1CCN(C(=O)C(C)N2Cc3ccccc3C2=O)CC1. The summed E-state index contributed by atoms with van der Waals surface area (Å²) in [5.41, 5.74) is 1.75. The first-order chi connectivity index (χ1) is 11.1. The maximum absolute atomic E-state index is 12.8. The van der Waals surface area contributed by atoms with E-state index in [0.717, 1.165) is 50.3 Å². The van der Waals surface area contributed by atoms with E-state index in [9.17, 15) is 9.59 Å². The Balaban J connectivity index is 1.62. The standard InChI is InChI=1S/C18H25N3O2/c1-3-8-19-9-11-20(12-10-19)17(22)14(2)21-13-15-6-4-5-7-16(15)18(21)23/h4-7,14H,3,8-13H2,1-2H3. The van der Waals surface area contributed by atoms with Gasteiger partial charge in [0.25, 0.3) is 5.91 Å². The summed E-state index contributed by atoms with van der Waals surface area (Å²) >= 11 is 0. The molecular weight excluding hydrogens is 290 g/mol. The second-order valence-electron chi connectivity index (χ2n) is 6.43. The van der Waals surface area contributed by atoms with E-state index < -0.39 is 6.04 Å². The minimum absolute atomic E-state index is 0.0222. The second-order valence-corrected chi connectivity index (χ2v) is 6.43. The van der Waals surface area contributed by atoms with Gasteiger partial charge in [-0.2, -0.15) is 0 Å². The lowest BCUT2D eigenvalue weighted by Crippen LogP contribution is -2.54. The Kier molecular flexibility index (Phi) is 4.66. The van der Waals surface area contributed by atoms with Crippen LogP contribution >= 0.6 is 0 Å². The van der Waals surface area contributed by atoms with Gasteiger partial charge in [-0.05, 0) is 31.5 Å². The van der Waals surface area contributed by atoms with E-state index in [1.807, 2.05) is 36.1 Å². The van der Waals surface area contributed by atoms with Gasteiger partial charge in [0.15, 0.2) is 0 Å². The van der Waals surface area contributed by atoms with Crippen molar-refractivity contribution in [2.45, 2.75) is 32.9 Å². The number of carbonyl (C=O) groups excluding carboxylic acids is 2. The van der Waals surface area contributed by atoms with Crippen molar-refractivity contribution in [1.29, 1.82) is 0 Å². The summed E-state index contributed by atoms with van der Waals surface area (Å²) in [6.07, 6.45) is 1.14. The lowest BCUT2D eigenvalue weighted by Gasteiger charge is -2.37. The van der Waals surface area contributed by atoms with Crippen molar-refractivity contribution in [3.05, 3.63) is 35.4 Å². The maximum Gasteiger partial charge on any atom is 0.255 e. The molecule has 0 N–H and O–H groups in total. The zero-order chi connectivity index (χ0) is 16.4. The normalized spacial score (nSPS) is 19.8. The molecule has 2 amide bonds. The van der Waals surface area contributed by atoms with Gasteiger partial charge in [-0.25, -0.2) is 0 Å². The topological polar surface area (TPSA) is 43.9 Å². The highest BCUT2D eigenvalue weighted by molar-refractivity contribution is 6.01. The molecule has 0 bridgehead atoms. The number of carbonyl (C=O) groups is 2. The first-order valence-corrected chi connectivity index (χ1v) is 8.52. The highest BCUT2D eigenvalue weighted by atomic mass is 16.2. The summed E-state index contributed by atoms with van der Waals surface area (Å²) < 4.78 is 0. The summed E-state index contributed by atoms with van der Waals surface area (Å²) in [6, 6.07) is 7.23. The van der Waals surface area contributed by atoms with Gasteiger partial charge < -0.3 is 9.80 Å². The van der Waals surface area contributed by atoms with E-state index in [-0.39, 0.29) is 11.8 Å². The number of nitrogens with zero attached hydrogens (tertiary/aromatic N) is 3. The monoisotopic (exact) mass is 315 g/mol. The van der Waals surface area contributed by atoms with Gasteiger partial charge in [-0.15, -0.1) is 0 Å². The van der Waals surface area contributed by atoms with Gasteiger partial charge >= 0.3 is 0 Å². The molecule has 0 radical (unpaired) electrons. The second kappa shape index (κ2) is 6.71. The summed E-state index contributed by atoms with van der Waals surface area (Å²) in [6.45, 7) is 9.05. The number of hydrogen-bond donors (Lipinski definition) is 0. The third-order valence-corrected chi connectivity index (χ3v) is 4.90. The Hall–Kier alpha value is -1.88. The van der Waals surface area contributed by atoms with Crippen molar-refractivity contribution in [2.75, 3.05) is 32.7 Å². The number of benzene rings is 1. The summed E-state index contributed by atoms with van der Waals surface area (Å²) in [7, 11) is 0. The Labute approximate surface area is 137 Å². The van der Waals surface area contributed by atoms with Gasteiger partial charge in [0.05, 0.1) is 0 Å². The van der Waals surface area contributed by atoms with E-state index in [1.165, 1.54) is 0 Å². The molecule has 5 nitrogen and oxygen atoms in total. The molecule has 0 spiro atoms. The van der Waals surface area contributed by atoms with E-state index >= 15 is 0 Å². The molecule has 0 aliphatic carbocycles. The van der Waals surface area contributed by atoms with Crippen molar-refractivity contribution < 1.29 is 9.59 Å². The molecule has 23 heavy (non-hydrogen) atoms. The number of rotatable bonds is 4. The van der Waals surface area contributed by atoms with Gasteiger partial charge in [0.2, 0.25) is 5.91 Å². The first-order valence-electron chi connectivity index (χ1n) is 8.52. The molecule has 3 rings (SSSR count). The molecule has 0 saturated carbocycles. The number of hydrogen-bond acceptors (Lipinski definition) is 3. The zero-order valence-electron chi connectivity index (χ0n) is 14.0. The van der Waals surface area contributed by atoms with Crippen LogP contribution < -0.4 is 0 Å². The minimum Gasteiger partial charge on any atom is -0.338 e. The largest absolute Gasteiger partial charge is 0.338 e. The summed E-state index contributed by atoms with van der Waals surface area (Å²) in [5.74, 6) is 0.0494. The number of fused-ring (bicyclic) bond motifs is 1. The molecule has 124 valence electrons. The molecule has 1 fully saturated rings. The Morgan fingerprint density at radius 2 is 1.87 bits per heavy atom. The van der Waals surface area contributed by atoms with Crippen molar-refractivity contribution in [1.82, 2.24) is 14.7 Å². The molecule has 2 aliphatic rings. The van der Waals surface area contributed by atoms with Crippen LogP contribution in [0.2, 0.25) is 0 Å². The fourth-order valence-corrected chi connectivity index (χ4v) is 3.50. The molecule has 1 saturated heterocycles. The highest BCUT2D eigenvalue weighted by Gasteiger charge is 2.35. The Morgan fingerprint density at radius 3 is 2.52 bits per heavy atom. The fraction of sp³-hybridized carbons (Fsp3) is 0.556. The van der Waals surface area contributed by atoms with Crippen LogP contribution in [0.25, 0.3) is 0 Å². The van der Waals surface area contributed by atoms with Crippen molar-refractivity contribution in [3.63, 3.8) is 0 Å². The smallest absolute Gasteiger partial charge is 0.255 e. The van der Waals surface area contributed by atoms with Crippen LogP contribution in [-0.4, -0.2) is 65.3 Å². The molecule has 2 aliphatic heterocycles. The van der Waals surface area contributed by atoms with Crippen molar-refractivity contribution >= 4 is 11.8 Å². The molecule has 1 aromatic carbocycles. The van der Waals surface area contributed by atoms with Crippen molar-refractivity contribution in [2.24, 2.45) is 0 Å². The average Bonchev–Trinajstić information content (AvgIpc) is 2.92. The van der Waals surface area contributed by atoms with Crippen LogP contribution in [0.4, 0.5) is 0 Å². The Bertz CT molecular complexity index is 594. The van der Waals surface area contributed by atoms with Gasteiger partial charge in [-0.1, -0.05) is 25.1 Å². The van der Waals surface area contributed by atoms with Crippen molar-refractivity contribution in [3.8, 4) is 0 Å². The molecule has 1 atom stereocenters. The minimum atomic E-state index is -0.396. The third kappa shape index (κ3) is 3.11. The lowest BCUT2D eigenvalue weighted by atomic mass is 10.1. The van der Waals surface area contributed by atoms with Gasteiger partial charge in [0.1, 0.15) is 6.04 Å². The van der Waals surface area contributed by atoms with E-state index in [1.54, 1.807) is 4.90 Å². The van der Waals surface area contributed by atoms with Crippen LogP contribution in [0.3, 0.4) is 0 Å². The molecule has 0 aromatic heterocycles. The molecule has 2 heterocycles. The van der Waals surface area contributed by atoms with E-state index in [2.05, 4.69) is 11.8 Å². The summed E-state index contributed by atoms with van der Waals surface area (Å²) in [5, 5.41) is 0. The van der Waals surface area contributed by atoms with Gasteiger partial charge in [0, 0.05) is 38.3 Å². The molecule has 1 unspecified atom stereocenters. The highest BCUT2D eigenvalue weighted by Crippen LogP contribution is 2.25. The van der Waals surface area contributed by atoms with Crippen LogP contribution in [0, 0.1) is 0 Å². The molecule has 1 aromatic rings. The van der Waals surface area contributed by atoms with E-state index in [4.69, 9.17) is 0 Å². The van der Waals surface area contributed by atoms with E-state index in [0.29, 0.717) is 6.54 Å². The lowest BCUT2D eigenvalue weighted by molar-refractivity contribution is -0.137. The summed E-state index contributed by atoms with van der Waals surface area (Å²) in [4.78, 5) is 31.3. The van der Waals surface area contributed by atoms with Crippen LogP contribution in [0.1, 0.15) is 36.2 Å². The predicted molar refractivity (Wildman–Crippen MR) is 89.1 cm³/mol. The predicted octanol–water partition coefficient (Wildman–Crippen LogP) is 1.59. The van der Waals surface area contributed by atoms with Crippen LogP contribution in [0.15, 0.2) is 24.3 Å². The zero-order valence-corrected chi connectivity index (χ0v) is 14.0. The Morgan fingerprint density at radius 1 is 1.17 bits per heavy atom. The third-order valence-electron chi connectivity index (χ3n) is 4.90. The number of piperazine rings is 1. The van der Waals surface area contributed by atoms with Gasteiger partial charge in [-0.3, -0.25) is 14.5 Å². The number of amides is 2. The van der Waals surface area contributed by atoms with Crippen LogP contribution in [0.5, 0.6) is 0 Å².